The third-order valence-corrected chi connectivity index (χ3v) is 2.88. The van der Waals surface area contributed by atoms with Gasteiger partial charge < -0.3 is 10.3 Å². The first-order valence-electron chi connectivity index (χ1n) is 5.92. The van der Waals surface area contributed by atoms with Crippen LogP contribution in [0.15, 0.2) is 29.2 Å². The zero-order chi connectivity index (χ0) is 13.1. The molecule has 4 heteroatoms. The van der Waals surface area contributed by atoms with Gasteiger partial charge in [-0.15, -0.1) is 0 Å². The van der Waals surface area contributed by atoms with Gasteiger partial charge in [0.2, 0.25) is 0 Å². The Morgan fingerprint density at radius 2 is 2.11 bits per heavy atom. The van der Waals surface area contributed by atoms with Gasteiger partial charge in [-0.05, 0) is 26.5 Å². The molecule has 2 rings (SSSR count). The molecule has 0 aliphatic heterocycles. The standard InChI is InChI=1S/C14H17N3O/c1-9-4-5-12(10(2)6-9)13-16-8-11(7-15-3)14(18)17-13/h4-6,8,15H,7H2,1-3H3,(H,16,17,18). The third-order valence-electron chi connectivity index (χ3n) is 2.88. The number of nitrogens with zero attached hydrogens (tertiary/aromatic N) is 1. The van der Waals surface area contributed by atoms with Gasteiger partial charge >= 0.3 is 0 Å². The number of aromatic nitrogens is 2. The fourth-order valence-corrected chi connectivity index (χ4v) is 1.95. The van der Waals surface area contributed by atoms with Crippen LogP contribution >= 0.6 is 0 Å². The van der Waals surface area contributed by atoms with Gasteiger partial charge in [-0.3, -0.25) is 4.79 Å². The average Bonchev–Trinajstić information content (AvgIpc) is 2.32. The van der Waals surface area contributed by atoms with Crippen LogP contribution in [0, 0.1) is 13.8 Å². The van der Waals surface area contributed by atoms with Crippen LogP contribution in [-0.4, -0.2) is 17.0 Å². The number of aryl methyl sites for hydroxylation is 2. The summed E-state index contributed by atoms with van der Waals surface area (Å²) in [7, 11) is 1.80. The molecule has 0 unspecified atom stereocenters. The van der Waals surface area contributed by atoms with Crippen LogP contribution in [0.25, 0.3) is 11.4 Å². The lowest BCUT2D eigenvalue weighted by molar-refractivity contribution is 0.798. The Labute approximate surface area is 106 Å². The van der Waals surface area contributed by atoms with Crippen molar-refractivity contribution in [2.24, 2.45) is 0 Å². The molecule has 0 aliphatic carbocycles. The van der Waals surface area contributed by atoms with Crippen molar-refractivity contribution >= 4 is 0 Å². The Morgan fingerprint density at radius 3 is 2.72 bits per heavy atom. The fraction of sp³-hybridized carbons (Fsp3) is 0.286. The molecule has 0 amide bonds. The van der Waals surface area contributed by atoms with E-state index in [0.717, 1.165) is 11.1 Å². The number of hydrogen-bond donors (Lipinski definition) is 2. The summed E-state index contributed by atoms with van der Waals surface area (Å²) >= 11 is 0. The Kier molecular flexibility index (Phi) is 3.58. The Morgan fingerprint density at radius 1 is 1.33 bits per heavy atom. The minimum Gasteiger partial charge on any atom is -0.315 e. The molecule has 0 radical (unpaired) electrons. The van der Waals surface area contributed by atoms with E-state index in [2.05, 4.69) is 21.4 Å². The van der Waals surface area contributed by atoms with E-state index >= 15 is 0 Å². The smallest absolute Gasteiger partial charge is 0.255 e. The molecule has 18 heavy (non-hydrogen) atoms. The first-order valence-corrected chi connectivity index (χ1v) is 5.92. The van der Waals surface area contributed by atoms with E-state index in [4.69, 9.17) is 0 Å². The lowest BCUT2D eigenvalue weighted by Crippen LogP contribution is -2.19. The molecule has 0 saturated carbocycles. The number of aromatic amines is 1. The summed E-state index contributed by atoms with van der Waals surface area (Å²) in [5, 5.41) is 2.94. The molecule has 1 aromatic heterocycles. The topological polar surface area (TPSA) is 57.8 Å². The molecule has 94 valence electrons. The van der Waals surface area contributed by atoms with Crippen LogP contribution in [0.3, 0.4) is 0 Å². The fourth-order valence-electron chi connectivity index (χ4n) is 1.95. The number of rotatable bonds is 3. The van der Waals surface area contributed by atoms with E-state index in [9.17, 15) is 4.79 Å². The van der Waals surface area contributed by atoms with Crippen molar-refractivity contribution in [1.82, 2.24) is 15.3 Å². The van der Waals surface area contributed by atoms with Crippen molar-refractivity contribution in [1.29, 1.82) is 0 Å². The van der Waals surface area contributed by atoms with Gasteiger partial charge in [-0.25, -0.2) is 4.98 Å². The highest BCUT2D eigenvalue weighted by atomic mass is 16.1. The molecule has 1 heterocycles. The van der Waals surface area contributed by atoms with Crippen molar-refractivity contribution in [3.8, 4) is 11.4 Å². The lowest BCUT2D eigenvalue weighted by Gasteiger charge is -2.07. The third kappa shape index (κ3) is 2.49. The van der Waals surface area contributed by atoms with Crippen molar-refractivity contribution in [3.05, 3.63) is 51.4 Å². The maximum atomic E-state index is 11.8. The van der Waals surface area contributed by atoms with Gasteiger partial charge in [0.1, 0.15) is 5.82 Å². The zero-order valence-electron chi connectivity index (χ0n) is 10.9. The van der Waals surface area contributed by atoms with E-state index in [-0.39, 0.29) is 5.56 Å². The molecular formula is C14H17N3O. The van der Waals surface area contributed by atoms with Gasteiger partial charge in [-0.2, -0.15) is 0 Å². The summed E-state index contributed by atoms with van der Waals surface area (Å²) in [6.45, 7) is 4.59. The number of hydrogen-bond acceptors (Lipinski definition) is 3. The minimum atomic E-state index is -0.0886. The highest BCUT2D eigenvalue weighted by Crippen LogP contribution is 2.19. The predicted molar refractivity (Wildman–Crippen MR) is 72.5 cm³/mol. The summed E-state index contributed by atoms with van der Waals surface area (Å²) in [6.07, 6.45) is 1.63. The number of H-pyrrole nitrogens is 1. The molecule has 0 atom stereocenters. The van der Waals surface area contributed by atoms with Gasteiger partial charge in [0.25, 0.3) is 5.56 Å². The van der Waals surface area contributed by atoms with Crippen molar-refractivity contribution in [2.45, 2.75) is 20.4 Å². The van der Waals surface area contributed by atoms with Crippen molar-refractivity contribution in [3.63, 3.8) is 0 Å². The second kappa shape index (κ2) is 5.14. The molecule has 0 aliphatic rings. The maximum absolute atomic E-state index is 11.8. The summed E-state index contributed by atoms with van der Waals surface area (Å²) < 4.78 is 0. The van der Waals surface area contributed by atoms with Crippen LogP contribution in [-0.2, 0) is 6.54 Å². The normalized spacial score (nSPS) is 10.6. The van der Waals surface area contributed by atoms with E-state index in [1.807, 2.05) is 26.0 Å². The quantitative estimate of drug-likeness (QED) is 0.863. The molecule has 0 fully saturated rings. The second-order valence-corrected chi connectivity index (χ2v) is 4.43. The number of benzene rings is 1. The second-order valence-electron chi connectivity index (χ2n) is 4.43. The van der Waals surface area contributed by atoms with E-state index in [1.54, 1.807) is 13.2 Å². The molecule has 0 bridgehead atoms. The summed E-state index contributed by atoms with van der Waals surface area (Å²) in [5.41, 5.74) is 3.83. The van der Waals surface area contributed by atoms with E-state index in [0.29, 0.717) is 17.9 Å². The van der Waals surface area contributed by atoms with Crippen LogP contribution in [0.1, 0.15) is 16.7 Å². The zero-order valence-corrected chi connectivity index (χ0v) is 10.9. The predicted octanol–water partition coefficient (Wildman–Crippen LogP) is 1.77. The summed E-state index contributed by atoms with van der Waals surface area (Å²) in [6, 6.07) is 6.08. The van der Waals surface area contributed by atoms with Crippen molar-refractivity contribution in [2.75, 3.05) is 7.05 Å². The van der Waals surface area contributed by atoms with Gasteiger partial charge in [0.15, 0.2) is 0 Å². The maximum Gasteiger partial charge on any atom is 0.255 e. The highest BCUT2D eigenvalue weighted by Gasteiger charge is 2.06. The molecule has 4 nitrogen and oxygen atoms in total. The summed E-state index contributed by atoms with van der Waals surface area (Å²) in [4.78, 5) is 19.0. The molecule has 2 aromatic rings. The Bertz CT molecular complexity index is 617. The molecule has 0 saturated heterocycles. The van der Waals surface area contributed by atoms with Crippen LogP contribution in [0.4, 0.5) is 0 Å². The van der Waals surface area contributed by atoms with Gasteiger partial charge in [0.05, 0.1) is 0 Å². The monoisotopic (exact) mass is 243 g/mol. The minimum absolute atomic E-state index is 0.0886. The van der Waals surface area contributed by atoms with Crippen molar-refractivity contribution < 1.29 is 0 Å². The van der Waals surface area contributed by atoms with Crippen LogP contribution in [0.5, 0.6) is 0 Å². The largest absolute Gasteiger partial charge is 0.315 e. The first-order chi connectivity index (χ1) is 8.61. The van der Waals surface area contributed by atoms with E-state index in [1.165, 1.54) is 5.56 Å². The van der Waals surface area contributed by atoms with E-state index < -0.39 is 0 Å². The number of nitrogens with one attached hydrogen (secondary N) is 2. The Balaban J connectivity index is 2.46. The SMILES string of the molecule is CNCc1cnc(-c2ccc(C)cc2C)[nH]c1=O. The van der Waals surface area contributed by atoms with Crippen LogP contribution in [0.2, 0.25) is 0 Å². The average molecular weight is 243 g/mol. The van der Waals surface area contributed by atoms with Gasteiger partial charge in [0, 0.05) is 23.9 Å². The molecule has 0 spiro atoms. The first kappa shape index (κ1) is 12.5. The van der Waals surface area contributed by atoms with Crippen LogP contribution < -0.4 is 10.9 Å². The van der Waals surface area contributed by atoms with Gasteiger partial charge in [-0.1, -0.05) is 23.8 Å². The summed E-state index contributed by atoms with van der Waals surface area (Å²) in [5.74, 6) is 0.623. The molecule has 1 aromatic carbocycles. The molecule has 2 N–H and O–H groups in total. The highest BCUT2D eigenvalue weighted by molar-refractivity contribution is 5.60. The molecular weight excluding hydrogens is 226 g/mol. The lowest BCUT2D eigenvalue weighted by atomic mass is 10.1. The Hall–Kier alpha value is -1.94.